The molecule has 1 aromatic carbocycles. The van der Waals surface area contributed by atoms with Crippen LogP contribution in [-0.4, -0.2) is 14.0 Å². The summed E-state index contributed by atoms with van der Waals surface area (Å²) in [5.41, 5.74) is 1.25. The first-order chi connectivity index (χ1) is 6.79. The first-order valence-corrected chi connectivity index (χ1v) is 5.58. The fourth-order valence-electron chi connectivity index (χ4n) is 1.93. The SMILES string of the molecule is BC[C@H]1CCC(c2ccc(Cl)cc2)O1. The van der Waals surface area contributed by atoms with Crippen molar-refractivity contribution in [2.24, 2.45) is 0 Å². The largest absolute Gasteiger partial charge is 0.371 e. The van der Waals surface area contributed by atoms with E-state index in [4.69, 9.17) is 16.3 Å². The normalized spacial score (nSPS) is 26.6. The molecule has 1 unspecified atom stereocenters. The monoisotopic (exact) mass is 208 g/mol. The van der Waals surface area contributed by atoms with E-state index in [0.717, 1.165) is 17.8 Å². The minimum Gasteiger partial charge on any atom is -0.371 e. The van der Waals surface area contributed by atoms with E-state index in [0.29, 0.717) is 6.10 Å². The van der Waals surface area contributed by atoms with Crippen molar-refractivity contribution in [1.82, 2.24) is 0 Å². The van der Waals surface area contributed by atoms with Crippen LogP contribution in [0.15, 0.2) is 24.3 Å². The van der Waals surface area contributed by atoms with E-state index in [-0.39, 0.29) is 6.10 Å². The van der Waals surface area contributed by atoms with E-state index in [1.165, 1.54) is 12.0 Å². The van der Waals surface area contributed by atoms with E-state index in [1.807, 2.05) is 12.1 Å². The lowest BCUT2D eigenvalue weighted by Crippen LogP contribution is -2.04. The average molecular weight is 208 g/mol. The quantitative estimate of drug-likeness (QED) is 0.679. The van der Waals surface area contributed by atoms with Gasteiger partial charge in [0, 0.05) is 5.02 Å². The highest BCUT2D eigenvalue weighted by atomic mass is 35.5. The Hall–Kier alpha value is -0.465. The molecule has 0 bridgehead atoms. The molecule has 14 heavy (non-hydrogen) atoms. The number of hydrogen-bond donors (Lipinski definition) is 0. The minimum absolute atomic E-state index is 0.289. The third kappa shape index (κ3) is 2.13. The third-order valence-corrected chi connectivity index (χ3v) is 3.06. The molecule has 1 aliphatic heterocycles. The molecule has 1 heterocycles. The Morgan fingerprint density at radius 2 is 2.00 bits per heavy atom. The van der Waals surface area contributed by atoms with Crippen LogP contribution in [0.1, 0.15) is 24.5 Å². The summed E-state index contributed by atoms with van der Waals surface area (Å²) < 4.78 is 5.89. The van der Waals surface area contributed by atoms with Crippen LogP contribution in [0.5, 0.6) is 0 Å². The van der Waals surface area contributed by atoms with Gasteiger partial charge in [-0.1, -0.05) is 30.1 Å². The maximum absolute atomic E-state index is 5.89. The van der Waals surface area contributed by atoms with Gasteiger partial charge in [-0.25, -0.2) is 0 Å². The van der Waals surface area contributed by atoms with Gasteiger partial charge < -0.3 is 4.74 Å². The lowest BCUT2D eigenvalue weighted by Gasteiger charge is -2.12. The van der Waals surface area contributed by atoms with Gasteiger partial charge in [0.05, 0.1) is 12.2 Å². The van der Waals surface area contributed by atoms with Gasteiger partial charge in [-0.05, 0) is 30.5 Å². The standard InChI is InChI=1S/C11H14BClO/c12-7-10-5-6-11(14-10)8-1-3-9(13)4-2-8/h1-4,10-11H,5-7,12H2/t10-,11?/m1/s1. The summed E-state index contributed by atoms with van der Waals surface area (Å²) in [5.74, 6) is 0. The molecule has 0 aromatic heterocycles. The van der Waals surface area contributed by atoms with E-state index in [1.54, 1.807) is 0 Å². The van der Waals surface area contributed by atoms with Crippen LogP contribution in [-0.2, 0) is 4.74 Å². The Morgan fingerprint density at radius 1 is 1.29 bits per heavy atom. The molecule has 0 N–H and O–H groups in total. The Labute approximate surface area is 90.8 Å². The molecule has 0 saturated carbocycles. The van der Waals surface area contributed by atoms with Crippen LogP contribution in [0.3, 0.4) is 0 Å². The van der Waals surface area contributed by atoms with Gasteiger partial charge in [0.2, 0.25) is 0 Å². The second-order valence-corrected chi connectivity index (χ2v) is 4.22. The summed E-state index contributed by atoms with van der Waals surface area (Å²) in [5, 5.41) is 0.791. The van der Waals surface area contributed by atoms with Crippen molar-refractivity contribution in [2.45, 2.75) is 31.4 Å². The molecule has 3 heteroatoms. The molecule has 0 spiro atoms. The molecule has 0 aliphatic carbocycles. The van der Waals surface area contributed by atoms with Crippen LogP contribution in [0.2, 0.25) is 11.3 Å². The van der Waals surface area contributed by atoms with Crippen molar-refractivity contribution in [2.75, 3.05) is 0 Å². The van der Waals surface area contributed by atoms with E-state index >= 15 is 0 Å². The lowest BCUT2D eigenvalue weighted by atomic mass is 9.97. The molecular formula is C11H14BClO. The third-order valence-electron chi connectivity index (χ3n) is 2.80. The van der Waals surface area contributed by atoms with Crippen LogP contribution in [0.4, 0.5) is 0 Å². The maximum atomic E-state index is 5.89. The van der Waals surface area contributed by atoms with Crippen molar-refractivity contribution in [1.29, 1.82) is 0 Å². The number of hydrogen-bond acceptors (Lipinski definition) is 1. The zero-order chi connectivity index (χ0) is 9.97. The van der Waals surface area contributed by atoms with Gasteiger partial charge in [-0.2, -0.15) is 0 Å². The van der Waals surface area contributed by atoms with Crippen LogP contribution in [0, 0.1) is 0 Å². The fourth-order valence-corrected chi connectivity index (χ4v) is 2.05. The Balaban J connectivity index is 2.06. The predicted octanol–water partition coefficient (Wildman–Crippen LogP) is 2.61. The number of benzene rings is 1. The van der Waals surface area contributed by atoms with Crippen molar-refractivity contribution in [3.8, 4) is 0 Å². The van der Waals surface area contributed by atoms with Gasteiger partial charge in [-0.15, -0.1) is 0 Å². The Bertz CT molecular complexity index is 299. The van der Waals surface area contributed by atoms with Crippen molar-refractivity contribution in [3.63, 3.8) is 0 Å². The van der Waals surface area contributed by atoms with Gasteiger partial charge >= 0.3 is 0 Å². The molecule has 1 saturated heterocycles. The lowest BCUT2D eigenvalue weighted by molar-refractivity contribution is 0.0559. The van der Waals surface area contributed by atoms with Crippen LogP contribution < -0.4 is 0 Å². The highest BCUT2D eigenvalue weighted by molar-refractivity contribution is 6.30. The van der Waals surface area contributed by atoms with Crippen molar-refractivity contribution in [3.05, 3.63) is 34.9 Å². The summed E-state index contributed by atoms with van der Waals surface area (Å²) in [4.78, 5) is 0. The number of ether oxygens (including phenoxy) is 1. The second kappa shape index (κ2) is 4.37. The molecular weight excluding hydrogens is 194 g/mol. The molecule has 1 nitrogen and oxygen atoms in total. The highest BCUT2D eigenvalue weighted by Gasteiger charge is 2.24. The van der Waals surface area contributed by atoms with Crippen molar-refractivity contribution >= 4 is 19.4 Å². The molecule has 1 fully saturated rings. The number of halogens is 1. The van der Waals surface area contributed by atoms with E-state index < -0.39 is 0 Å². The minimum atomic E-state index is 0.289. The summed E-state index contributed by atoms with van der Waals surface area (Å²) in [6.45, 7) is 0. The summed E-state index contributed by atoms with van der Waals surface area (Å²) in [6.07, 6.45) is 4.18. The van der Waals surface area contributed by atoms with Crippen molar-refractivity contribution < 1.29 is 4.74 Å². The zero-order valence-electron chi connectivity index (χ0n) is 8.37. The fraction of sp³-hybridized carbons (Fsp3) is 0.455. The molecule has 2 rings (SSSR count). The van der Waals surface area contributed by atoms with Crippen LogP contribution >= 0.6 is 11.6 Å². The maximum Gasteiger partial charge on any atom is 0.104 e. The van der Waals surface area contributed by atoms with E-state index in [9.17, 15) is 0 Å². The molecule has 2 atom stereocenters. The topological polar surface area (TPSA) is 9.23 Å². The molecule has 0 amide bonds. The van der Waals surface area contributed by atoms with Crippen LogP contribution in [0.25, 0.3) is 0 Å². The first-order valence-electron chi connectivity index (χ1n) is 5.20. The zero-order valence-corrected chi connectivity index (χ0v) is 9.13. The second-order valence-electron chi connectivity index (χ2n) is 3.78. The van der Waals surface area contributed by atoms with Gasteiger partial charge in [0.1, 0.15) is 7.85 Å². The van der Waals surface area contributed by atoms with Gasteiger partial charge in [0.15, 0.2) is 0 Å². The average Bonchev–Trinajstić information content (AvgIpc) is 2.67. The van der Waals surface area contributed by atoms with E-state index in [2.05, 4.69) is 20.0 Å². The highest BCUT2D eigenvalue weighted by Crippen LogP contribution is 2.33. The first kappa shape index (κ1) is 10.1. The molecule has 74 valence electrons. The molecule has 1 aromatic rings. The Kier molecular flexibility index (Phi) is 3.14. The molecule has 0 radical (unpaired) electrons. The smallest absolute Gasteiger partial charge is 0.104 e. The summed E-state index contributed by atoms with van der Waals surface area (Å²) in [6, 6.07) is 7.98. The Morgan fingerprint density at radius 3 is 2.57 bits per heavy atom. The molecule has 1 aliphatic rings. The van der Waals surface area contributed by atoms with Gasteiger partial charge in [0.25, 0.3) is 0 Å². The summed E-state index contributed by atoms with van der Waals surface area (Å²) in [7, 11) is 2.18. The number of rotatable bonds is 2. The summed E-state index contributed by atoms with van der Waals surface area (Å²) >= 11 is 5.83. The predicted molar refractivity (Wildman–Crippen MR) is 61.7 cm³/mol. The van der Waals surface area contributed by atoms with Gasteiger partial charge in [-0.3, -0.25) is 0 Å².